The first kappa shape index (κ1) is 19.1. The summed E-state index contributed by atoms with van der Waals surface area (Å²) in [6, 6.07) is 10.1. The summed E-state index contributed by atoms with van der Waals surface area (Å²) in [5, 5.41) is 7.15. The molecule has 1 saturated heterocycles. The fourth-order valence-corrected chi connectivity index (χ4v) is 3.41. The van der Waals surface area contributed by atoms with Crippen molar-refractivity contribution in [1.29, 1.82) is 0 Å². The first-order chi connectivity index (χ1) is 13.0. The molecule has 0 spiro atoms. The summed E-state index contributed by atoms with van der Waals surface area (Å²) in [7, 11) is 0. The first-order valence-corrected chi connectivity index (χ1v) is 9.73. The van der Waals surface area contributed by atoms with Gasteiger partial charge in [-0.3, -0.25) is 9.59 Å². The van der Waals surface area contributed by atoms with Crippen molar-refractivity contribution in [3.8, 4) is 0 Å². The Balaban J connectivity index is 1.64. The average molecular weight is 368 g/mol. The Morgan fingerprint density at radius 1 is 1.26 bits per heavy atom. The number of rotatable bonds is 7. The minimum Gasteiger partial charge on any atom is -0.312 e. The standard InChI is InChI=1S/C21H28N4O2/c1-4-5-6-16-7-9-18(10-8-16)24-14-17(13-20(24)26)21(27)23-19-11-12-22-25(19)15(2)3/h7-12,15,17H,4-6,13-14H2,1-3H3,(H,23,27). The van der Waals surface area contributed by atoms with Gasteiger partial charge in [0.2, 0.25) is 11.8 Å². The molecule has 0 radical (unpaired) electrons. The highest BCUT2D eigenvalue weighted by molar-refractivity contribution is 6.03. The molecule has 2 heterocycles. The van der Waals surface area contributed by atoms with Crippen molar-refractivity contribution in [1.82, 2.24) is 9.78 Å². The monoisotopic (exact) mass is 368 g/mol. The van der Waals surface area contributed by atoms with Crippen LogP contribution in [0.25, 0.3) is 0 Å². The van der Waals surface area contributed by atoms with Gasteiger partial charge in [0, 0.05) is 30.8 Å². The number of unbranched alkanes of at least 4 members (excludes halogenated alkanes) is 1. The molecule has 1 aromatic heterocycles. The lowest BCUT2D eigenvalue weighted by Crippen LogP contribution is -2.28. The minimum atomic E-state index is -0.354. The molecule has 144 valence electrons. The summed E-state index contributed by atoms with van der Waals surface area (Å²) in [5.41, 5.74) is 2.14. The van der Waals surface area contributed by atoms with E-state index in [0.717, 1.165) is 18.5 Å². The summed E-state index contributed by atoms with van der Waals surface area (Å²) >= 11 is 0. The number of benzene rings is 1. The van der Waals surface area contributed by atoms with Gasteiger partial charge in [-0.15, -0.1) is 0 Å². The summed E-state index contributed by atoms with van der Waals surface area (Å²) in [5.74, 6) is 0.176. The number of hydrogen-bond acceptors (Lipinski definition) is 3. The fourth-order valence-electron chi connectivity index (χ4n) is 3.41. The van der Waals surface area contributed by atoms with Crippen LogP contribution in [-0.2, 0) is 16.0 Å². The number of carbonyl (C=O) groups is 2. The number of anilines is 2. The van der Waals surface area contributed by atoms with Gasteiger partial charge in [-0.2, -0.15) is 5.10 Å². The predicted octanol–water partition coefficient (Wildman–Crippen LogP) is 3.80. The zero-order chi connectivity index (χ0) is 19.4. The molecule has 2 amide bonds. The molecule has 2 aromatic rings. The molecule has 1 unspecified atom stereocenters. The molecular weight excluding hydrogens is 340 g/mol. The smallest absolute Gasteiger partial charge is 0.230 e. The number of aromatic nitrogens is 2. The van der Waals surface area contributed by atoms with Crippen LogP contribution in [-0.4, -0.2) is 28.1 Å². The molecule has 1 aliphatic rings. The third-order valence-corrected chi connectivity index (χ3v) is 4.97. The highest BCUT2D eigenvalue weighted by atomic mass is 16.2. The molecule has 1 fully saturated rings. The maximum atomic E-state index is 12.7. The molecule has 0 bridgehead atoms. The van der Waals surface area contributed by atoms with E-state index in [2.05, 4.69) is 29.5 Å². The Bertz CT molecular complexity index is 795. The van der Waals surface area contributed by atoms with Gasteiger partial charge in [-0.1, -0.05) is 25.5 Å². The van der Waals surface area contributed by atoms with E-state index in [1.54, 1.807) is 21.8 Å². The predicted molar refractivity (Wildman–Crippen MR) is 107 cm³/mol. The lowest BCUT2D eigenvalue weighted by molar-refractivity contribution is -0.122. The van der Waals surface area contributed by atoms with E-state index in [1.165, 1.54) is 12.0 Å². The van der Waals surface area contributed by atoms with Gasteiger partial charge in [0.15, 0.2) is 0 Å². The third kappa shape index (κ3) is 4.38. The van der Waals surface area contributed by atoms with E-state index < -0.39 is 0 Å². The van der Waals surface area contributed by atoms with Crippen LogP contribution in [0.3, 0.4) is 0 Å². The Hall–Kier alpha value is -2.63. The van der Waals surface area contributed by atoms with Crippen molar-refractivity contribution >= 4 is 23.3 Å². The molecule has 6 heteroatoms. The molecular formula is C21H28N4O2. The van der Waals surface area contributed by atoms with E-state index in [9.17, 15) is 9.59 Å². The van der Waals surface area contributed by atoms with Crippen LogP contribution in [0.2, 0.25) is 0 Å². The second-order valence-electron chi connectivity index (χ2n) is 7.42. The topological polar surface area (TPSA) is 67.2 Å². The fraction of sp³-hybridized carbons (Fsp3) is 0.476. The number of aryl methyl sites for hydroxylation is 1. The Kier molecular flexibility index (Phi) is 5.94. The van der Waals surface area contributed by atoms with Gasteiger partial charge >= 0.3 is 0 Å². The molecule has 6 nitrogen and oxygen atoms in total. The second kappa shape index (κ2) is 8.37. The number of nitrogens with one attached hydrogen (secondary N) is 1. The zero-order valence-corrected chi connectivity index (χ0v) is 16.3. The van der Waals surface area contributed by atoms with Gasteiger partial charge in [0.25, 0.3) is 0 Å². The van der Waals surface area contributed by atoms with Crippen molar-refractivity contribution in [2.24, 2.45) is 5.92 Å². The van der Waals surface area contributed by atoms with Gasteiger partial charge in [0.05, 0.1) is 12.1 Å². The maximum absolute atomic E-state index is 12.7. The maximum Gasteiger partial charge on any atom is 0.230 e. The van der Waals surface area contributed by atoms with Gasteiger partial charge < -0.3 is 10.2 Å². The normalized spacial score (nSPS) is 17.0. The molecule has 1 atom stereocenters. The van der Waals surface area contributed by atoms with E-state index in [-0.39, 0.29) is 30.2 Å². The zero-order valence-electron chi connectivity index (χ0n) is 16.3. The van der Waals surface area contributed by atoms with Crippen LogP contribution in [0.4, 0.5) is 11.5 Å². The van der Waals surface area contributed by atoms with Crippen LogP contribution in [0.1, 0.15) is 51.6 Å². The third-order valence-electron chi connectivity index (χ3n) is 4.97. The Morgan fingerprint density at radius 2 is 2.00 bits per heavy atom. The molecule has 3 rings (SSSR count). The van der Waals surface area contributed by atoms with Crippen molar-refractivity contribution in [3.63, 3.8) is 0 Å². The first-order valence-electron chi connectivity index (χ1n) is 9.73. The summed E-state index contributed by atoms with van der Waals surface area (Å²) < 4.78 is 1.77. The van der Waals surface area contributed by atoms with Crippen LogP contribution < -0.4 is 10.2 Å². The molecule has 0 aliphatic carbocycles. The molecule has 1 N–H and O–H groups in total. The number of hydrogen-bond donors (Lipinski definition) is 1. The summed E-state index contributed by atoms with van der Waals surface area (Å²) in [6.45, 7) is 6.60. The van der Waals surface area contributed by atoms with Crippen molar-refractivity contribution in [2.75, 3.05) is 16.8 Å². The number of amides is 2. The van der Waals surface area contributed by atoms with Crippen molar-refractivity contribution in [2.45, 2.75) is 52.5 Å². The lowest BCUT2D eigenvalue weighted by Gasteiger charge is -2.17. The minimum absolute atomic E-state index is 0.00572. The molecule has 1 aliphatic heterocycles. The quantitative estimate of drug-likeness (QED) is 0.808. The SMILES string of the molecule is CCCCc1ccc(N2CC(C(=O)Nc3ccnn3C(C)C)CC2=O)cc1. The van der Waals surface area contributed by atoms with Gasteiger partial charge in [-0.05, 0) is 44.4 Å². The Morgan fingerprint density at radius 3 is 2.67 bits per heavy atom. The van der Waals surface area contributed by atoms with E-state index in [4.69, 9.17) is 0 Å². The van der Waals surface area contributed by atoms with E-state index in [1.807, 2.05) is 26.0 Å². The summed E-state index contributed by atoms with van der Waals surface area (Å²) in [6.07, 6.45) is 5.29. The van der Waals surface area contributed by atoms with Crippen LogP contribution in [0, 0.1) is 5.92 Å². The van der Waals surface area contributed by atoms with Gasteiger partial charge in [-0.25, -0.2) is 4.68 Å². The Labute approximate surface area is 160 Å². The van der Waals surface area contributed by atoms with E-state index >= 15 is 0 Å². The highest BCUT2D eigenvalue weighted by Gasteiger charge is 2.35. The largest absolute Gasteiger partial charge is 0.312 e. The van der Waals surface area contributed by atoms with Crippen LogP contribution in [0.5, 0.6) is 0 Å². The molecule has 0 saturated carbocycles. The van der Waals surface area contributed by atoms with Gasteiger partial charge in [0.1, 0.15) is 5.82 Å². The van der Waals surface area contributed by atoms with Crippen molar-refractivity contribution in [3.05, 3.63) is 42.1 Å². The lowest BCUT2D eigenvalue weighted by atomic mass is 10.1. The second-order valence-corrected chi connectivity index (χ2v) is 7.42. The van der Waals surface area contributed by atoms with Crippen LogP contribution in [0.15, 0.2) is 36.5 Å². The number of carbonyl (C=O) groups excluding carboxylic acids is 2. The van der Waals surface area contributed by atoms with E-state index in [0.29, 0.717) is 12.4 Å². The average Bonchev–Trinajstić information content (AvgIpc) is 3.27. The molecule has 27 heavy (non-hydrogen) atoms. The molecule has 1 aromatic carbocycles. The van der Waals surface area contributed by atoms with Crippen molar-refractivity contribution < 1.29 is 9.59 Å². The number of nitrogens with zero attached hydrogens (tertiary/aromatic N) is 3. The van der Waals surface area contributed by atoms with Crippen LogP contribution >= 0.6 is 0 Å². The summed E-state index contributed by atoms with van der Waals surface area (Å²) in [4.78, 5) is 26.8. The highest BCUT2D eigenvalue weighted by Crippen LogP contribution is 2.27.